The third kappa shape index (κ3) is 3.61. The monoisotopic (exact) mass is 205 g/mol. The highest BCUT2D eigenvalue weighted by molar-refractivity contribution is 5.11. The summed E-state index contributed by atoms with van der Waals surface area (Å²) in [4.78, 5) is 4.62. The van der Waals surface area contributed by atoms with Crippen molar-refractivity contribution in [3.63, 3.8) is 0 Å². The molecule has 1 aromatic rings. The SMILES string of the molecule is c1cc2nc(c1)CNCCNCCCC2. The Morgan fingerprint density at radius 2 is 1.80 bits per heavy atom. The van der Waals surface area contributed by atoms with E-state index in [-0.39, 0.29) is 0 Å². The predicted molar refractivity (Wildman–Crippen MR) is 61.8 cm³/mol. The summed E-state index contributed by atoms with van der Waals surface area (Å²) in [5.41, 5.74) is 2.39. The smallest absolute Gasteiger partial charge is 0.0544 e. The Morgan fingerprint density at radius 3 is 2.80 bits per heavy atom. The Labute approximate surface area is 91.3 Å². The molecule has 0 atom stereocenters. The molecule has 1 aliphatic heterocycles. The maximum absolute atomic E-state index is 4.62. The van der Waals surface area contributed by atoms with Crippen LogP contribution < -0.4 is 10.6 Å². The van der Waals surface area contributed by atoms with Gasteiger partial charge in [-0.15, -0.1) is 0 Å². The summed E-state index contributed by atoms with van der Waals surface area (Å²) in [6.45, 7) is 4.09. The van der Waals surface area contributed by atoms with E-state index in [2.05, 4.69) is 33.8 Å². The van der Waals surface area contributed by atoms with Crippen LogP contribution >= 0.6 is 0 Å². The minimum absolute atomic E-state index is 0.884. The molecule has 0 aliphatic carbocycles. The lowest BCUT2D eigenvalue weighted by Crippen LogP contribution is -2.28. The van der Waals surface area contributed by atoms with E-state index in [1.807, 2.05) is 0 Å². The van der Waals surface area contributed by atoms with E-state index in [0.29, 0.717) is 0 Å². The zero-order chi connectivity index (χ0) is 10.3. The lowest BCUT2D eigenvalue weighted by molar-refractivity contribution is 0.572. The molecule has 2 heterocycles. The molecule has 3 nitrogen and oxygen atoms in total. The van der Waals surface area contributed by atoms with Crippen molar-refractivity contribution in [1.29, 1.82) is 0 Å². The van der Waals surface area contributed by atoms with Gasteiger partial charge in [0, 0.05) is 25.3 Å². The number of aryl methyl sites for hydroxylation is 1. The molecule has 0 aromatic carbocycles. The lowest BCUT2D eigenvalue weighted by atomic mass is 10.1. The molecule has 0 saturated heterocycles. The topological polar surface area (TPSA) is 37.0 Å². The molecule has 1 aromatic heterocycles. The van der Waals surface area contributed by atoms with Crippen molar-refractivity contribution >= 4 is 0 Å². The van der Waals surface area contributed by atoms with E-state index in [1.54, 1.807) is 0 Å². The molecule has 0 fully saturated rings. The van der Waals surface area contributed by atoms with Crippen LogP contribution in [-0.2, 0) is 13.0 Å². The van der Waals surface area contributed by atoms with Crippen LogP contribution in [0.15, 0.2) is 18.2 Å². The van der Waals surface area contributed by atoms with E-state index in [0.717, 1.165) is 38.3 Å². The molecule has 0 radical (unpaired) electrons. The van der Waals surface area contributed by atoms with Crippen LogP contribution in [-0.4, -0.2) is 24.6 Å². The Balaban J connectivity index is 2.00. The summed E-state index contributed by atoms with van der Waals surface area (Å²) in [5.74, 6) is 0. The quantitative estimate of drug-likeness (QED) is 0.666. The number of fused-ring (bicyclic) bond motifs is 2. The average molecular weight is 205 g/mol. The van der Waals surface area contributed by atoms with Crippen LogP contribution in [0.1, 0.15) is 24.2 Å². The summed E-state index contributed by atoms with van der Waals surface area (Å²) in [6, 6.07) is 6.34. The molecular weight excluding hydrogens is 186 g/mol. The molecule has 1 aliphatic rings. The van der Waals surface area contributed by atoms with Crippen LogP contribution in [0.4, 0.5) is 0 Å². The molecule has 15 heavy (non-hydrogen) atoms. The van der Waals surface area contributed by atoms with Gasteiger partial charge in [0.15, 0.2) is 0 Å². The predicted octanol–water partition coefficient (Wildman–Crippen LogP) is 1.10. The minimum atomic E-state index is 0.884. The summed E-state index contributed by atoms with van der Waals surface area (Å²) in [6.07, 6.45) is 3.58. The molecule has 0 saturated carbocycles. The molecule has 0 amide bonds. The Morgan fingerprint density at radius 1 is 0.933 bits per heavy atom. The van der Waals surface area contributed by atoms with E-state index >= 15 is 0 Å². The fourth-order valence-corrected chi connectivity index (χ4v) is 1.84. The number of pyridine rings is 1. The highest BCUT2D eigenvalue weighted by Gasteiger charge is 2.00. The molecule has 0 unspecified atom stereocenters. The first kappa shape index (κ1) is 10.6. The van der Waals surface area contributed by atoms with Gasteiger partial charge in [-0.2, -0.15) is 0 Å². The van der Waals surface area contributed by atoms with Gasteiger partial charge in [-0.1, -0.05) is 6.07 Å². The number of rotatable bonds is 0. The Bertz CT molecular complexity index is 273. The fraction of sp³-hybridized carbons (Fsp3) is 0.583. The third-order valence-corrected chi connectivity index (χ3v) is 2.69. The van der Waals surface area contributed by atoms with Crippen LogP contribution in [0.5, 0.6) is 0 Å². The normalized spacial score (nSPS) is 18.9. The van der Waals surface area contributed by atoms with Crippen molar-refractivity contribution in [1.82, 2.24) is 15.6 Å². The van der Waals surface area contributed by atoms with E-state index < -0.39 is 0 Å². The standard InChI is InChI=1S/C12H19N3/c1-2-7-13-8-9-14-10-12-6-3-5-11(4-1)15-12/h3,5-6,13-14H,1-2,4,7-10H2. The molecule has 2 N–H and O–H groups in total. The number of nitrogens with one attached hydrogen (secondary N) is 2. The number of nitrogens with zero attached hydrogens (tertiary/aromatic N) is 1. The van der Waals surface area contributed by atoms with Crippen LogP contribution in [0.3, 0.4) is 0 Å². The first-order chi connectivity index (χ1) is 7.45. The Hall–Kier alpha value is -0.930. The maximum Gasteiger partial charge on any atom is 0.0544 e. The van der Waals surface area contributed by atoms with E-state index in [4.69, 9.17) is 0 Å². The van der Waals surface area contributed by atoms with Gasteiger partial charge in [-0.05, 0) is 37.9 Å². The summed E-state index contributed by atoms with van der Waals surface area (Å²) >= 11 is 0. The van der Waals surface area contributed by atoms with Gasteiger partial charge in [-0.25, -0.2) is 0 Å². The first-order valence-electron chi connectivity index (χ1n) is 5.81. The average Bonchev–Trinajstić information content (AvgIpc) is 2.26. The van der Waals surface area contributed by atoms with Crippen LogP contribution in [0.25, 0.3) is 0 Å². The first-order valence-corrected chi connectivity index (χ1v) is 5.81. The van der Waals surface area contributed by atoms with E-state index in [9.17, 15) is 0 Å². The highest BCUT2D eigenvalue weighted by Crippen LogP contribution is 2.04. The molecule has 3 heteroatoms. The van der Waals surface area contributed by atoms with Gasteiger partial charge in [-0.3, -0.25) is 4.98 Å². The van der Waals surface area contributed by atoms with Gasteiger partial charge in [0.1, 0.15) is 0 Å². The molecule has 2 bridgehead atoms. The zero-order valence-corrected chi connectivity index (χ0v) is 9.13. The minimum Gasteiger partial charge on any atom is -0.315 e. The van der Waals surface area contributed by atoms with E-state index in [1.165, 1.54) is 18.5 Å². The molecule has 82 valence electrons. The van der Waals surface area contributed by atoms with Crippen molar-refractivity contribution in [3.8, 4) is 0 Å². The number of hydrogen-bond donors (Lipinski definition) is 2. The molecule has 0 spiro atoms. The largest absolute Gasteiger partial charge is 0.315 e. The summed E-state index contributed by atoms with van der Waals surface area (Å²) in [7, 11) is 0. The number of hydrogen-bond acceptors (Lipinski definition) is 3. The van der Waals surface area contributed by atoms with Crippen LogP contribution in [0.2, 0.25) is 0 Å². The van der Waals surface area contributed by atoms with Gasteiger partial charge < -0.3 is 10.6 Å². The van der Waals surface area contributed by atoms with Gasteiger partial charge in [0.25, 0.3) is 0 Å². The summed E-state index contributed by atoms with van der Waals surface area (Å²) in [5, 5.41) is 6.82. The highest BCUT2D eigenvalue weighted by atomic mass is 14.9. The van der Waals surface area contributed by atoms with Crippen molar-refractivity contribution < 1.29 is 0 Å². The van der Waals surface area contributed by atoms with Crippen molar-refractivity contribution in [2.24, 2.45) is 0 Å². The number of aromatic nitrogens is 1. The van der Waals surface area contributed by atoms with Crippen LogP contribution in [0, 0.1) is 0 Å². The van der Waals surface area contributed by atoms with Gasteiger partial charge >= 0.3 is 0 Å². The second kappa shape index (κ2) is 5.83. The van der Waals surface area contributed by atoms with Crippen molar-refractivity contribution in [2.75, 3.05) is 19.6 Å². The lowest BCUT2D eigenvalue weighted by Gasteiger charge is -2.09. The zero-order valence-electron chi connectivity index (χ0n) is 9.13. The third-order valence-electron chi connectivity index (χ3n) is 2.69. The molecular formula is C12H19N3. The van der Waals surface area contributed by atoms with Gasteiger partial charge in [0.05, 0.1) is 5.69 Å². The van der Waals surface area contributed by atoms with Crippen molar-refractivity contribution in [2.45, 2.75) is 25.8 Å². The fourth-order valence-electron chi connectivity index (χ4n) is 1.84. The van der Waals surface area contributed by atoms with Gasteiger partial charge in [0.2, 0.25) is 0 Å². The Kier molecular flexibility index (Phi) is 4.11. The second-order valence-corrected chi connectivity index (χ2v) is 4.00. The summed E-state index contributed by atoms with van der Waals surface area (Å²) < 4.78 is 0. The maximum atomic E-state index is 4.62. The van der Waals surface area contributed by atoms with Crippen molar-refractivity contribution in [3.05, 3.63) is 29.6 Å². The second-order valence-electron chi connectivity index (χ2n) is 4.00. The molecule has 2 rings (SSSR count).